The van der Waals surface area contributed by atoms with Crippen LogP contribution in [0.2, 0.25) is 0 Å². The summed E-state index contributed by atoms with van der Waals surface area (Å²) in [4.78, 5) is 0.0535. The molecule has 0 spiro atoms. The van der Waals surface area contributed by atoms with E-state index in [4.69, 9.17) is 0 Å². The zero-order valence-electron chi connectivity index (χ0n) is 12.8. The van der Waals surface area contributed by atoms with Crippen LogP contribution < -0.4 is 0 Å². The van der Waals surface area contributed by atoms with Crippen molar-refractivity contribution in [1.29, 1.82) is 0 Å². The van der Waals surface area contributed by atoms with E-state index in [0.717, 1.165) is 4.31 Å². The minimum Gasteiger partial charge on any atom is -0.272 e. The monoisotopic (exact) mass is 341 g/mol. The summed E-state index contributed by atoms with van der Waals surface area (Å²) in [6, 6.07) is 5.56. The molecular weight excluding hydrogens is 324 g/mol. The first kappa shape index (κ1) is 16.1. The quantitative estimate of drug-likeness (QED) is 0.859. The highest BCUT2D eigenvalue weighted by atomic mass is 32.2. The minimum absolute atomic E-state index is 0.00149. The first-order valence-corrected chi connectivity index (χ1v) is 8.62. The Morgan fingerprint density at radius 3 is 2.61 bits per heavy atom. The maximum atomic E-state index is 15.1. The second-order valence-electron chi connectivity index (χ2n) is 5.75. The average molecular weight is 341 g/mol. The van der Waals surface area contributed by atoms with Crippen LogP contribution in [0, 0.1) is 12.7 Å². The lowest BCUT2D eigenvalue weighted by molar-refractivity contribution is 0.177. The summed E-state index contributed by atoms with van der Waals surface area (Å²) in [5.41, 5.74) is -1.64. The highest BCUT2D eigenvalue weighted by Crippen LogP contribution is 2.39. The summed E-state index contributed by atoms with van der Waals surface area (Å²) in [6.07, 6.45) is 1.18. The SMILES string of the molecule is Cc1c(S(=O)(=O)N2CCC(F)(c3ccccc3F)C2)cnn1C. The van der Waals surface area contributed by atoms with Gasteiger partial charge >= 0.3 is 0 Å². The number of sulfonamides is 1. The number of aromatic nitrogens is 2. The molecule has 3 rings (SSSR count). The predicted molar refractivity (Wildman–Crippen MR) is 80.5 cm³/mol. The fourth-order valence-electron chi connectivity index (χ4n) is 2.86. The van der Waals surface area contributed by atoms with Crippen LogP contribution in [-0.2, 0) is 22.7 Å². The number of nitrogens with zero attached hydrogens (tertiary/aromatic N) is 3. The molecule has 1 aromatic heterocycles. The lowest BCUT2D eigenvalue weighted by Crippen LogP contribution is -2.33. The number of rotatable bonds is 3. The van der Waals surface area contributed by atoms with Gasteiger partial charge in [-0.15, -0.1) is 0 Å². The van der Waals surface area contributed by atoms with E-state index < -0.39 is 28.1 Å². The number of alkyl halides is 1. The zero-order valence-corrected chi connectivity index (χ0v) is 13.6. The third kappa shape index (κ3) is 2.55. The molecule has 0 radical (unpaired) electrons. The molecule has 5 nitrogen and oxygen atoms in total. The Bertz CT molecular complexity index is 850. The maximum absolute atomic E-state index is 15.1. The van der Waals surface area contributed by atoms with Crippen molar-refractivity contribution in [3.63, 3.8) is 0 Å². The van der Waals surface area contributed by atoms with E-state index in [1.807, 2.05) is 0 Å². The largest absolute Gasteiger partial charge is 0.272 e. The molecular formula is C15H17F2N3O2S. The molecule has 1 aliphatic rings. The van der Waals surface area contributed by atoms with Crippen LogP contribution in [0.15, 0.2) is 35.4 Å². The number of aryl methyl sites for hydroxylation is 1. The van der Waals surface area contributed by atoms with Gasteiger partial charge < -0.3 is 0 Å². The molecule has 8 heteroatoms. The van der Waals surface area contributed by atoms with Gasteiger partial charge in [0.2, 0.25) is 10.0 Å². The van der Waals surface area contributed by atoms with Crippen molar-refractivity contribution in [3.8, 4) is 0 Å². The fraction of sp³-hybridized carbons (Fsp3) is 0.400. The van der Waals surface area contributed by atoms with Crippen LogP contribution in [0.4, 0.5) is 8.78 Å². The van der Waals surface area contributed by atoms with Crippen molar-refractivity contribution in [2.75, 3.05) is 13.1 Å². The topological polar surface area (TPSA) is 55.2 Å². The van der Waals surface area contributed by atoms with Crippen molar-refractivity contribution in [2.24, 2.45) is 7.05 Å². The molecule has 1 aliphatic heterocycles. The second kappa shape index (κ2) is 5.38. The summed E-state index contributed by atoms with van der Waals surface area (Å²) in [5.74, 6) is -0.660. The molecule has 2 aromatic rings. The van der Waals surface area contributed by atoms with Crippen molar-refractivity contribution in [1.82, 2.24) is 14.1 Å². The van der Waals surface area contributed by atoms with Crippen LogP contribution in [0.1, 0.15) is 17.7 Å². The van der Waals surface area contributed by atoms with Gasteiger partial charge in [0, 0.05) is 25.6 Å². The Morgan fingerprint density at radius 1 is 1.30 bits per heavy atom. The van der Waals surface area contributed by atoms with E-state index in [-0.39, 0.29) is 23.4 Å². The third-order valence-electron chi connectivity index (χ3n) is 4.35. The average Bonchev–Trinajstić information content (AvgIpc) is 3.05. The molecule has 0 saturated carbocycles. The van der Waals surface area contributed by atoms with Crippen LogP contribution in [-0.4, -0.2) is 35.6 Å². The standard InChI is InChI=1S/C15H17F2N3O2S/c1-11-14(9-18-19(11)2)23(21,22)20-8-7-15(17,10-20)12-5-3-4-6-13(12)16/h3-6,9H,7-8,10H2,1-2H3. The zero-order chi connectivity index (χ0) is 16.8. The molecule has 0 N–H and O–H groups in total. The summed E-state index contributed by atoms with van der Waals surface area (Å²) >= 11 is 0. The third-order valence-corrected chi connectivity index (χ3v) is 6.30. The van der Waals surface area contributed by atoms with E-state index in [1.165, 1.54) is 29.1 Å². The smallest absolute Gasteiger partial charge is 0.246 e. The Hall–Kier alpha value is -1.80. The summed E-state index contributed by atoms with van der Waals surface area (Å²) in [7, 11) is -2.22. The summed E-state index contributed by atoms with van der Waals surface area (Å²) in [6.45, 7) is 1.24. The Labute approximate surface area is 133 Å². The van der Waals surface area contributed by atoms with Crippen LogP contribution in [0.25, 0.3) is 0 Å². The van der Waals surface area contributed by atoms with Crippen LogP contribution >= 0.6 is 0 Å². The molecule has 1 unspecified atom stereocenters. The van der Waals surface area contributed by atoms with Crippen molar-refractivity contribution in [2.45, 2.75) is 23.9 Å². The van der Waals surface area contributed by atoms with E-state index in [0.29, 0.717) is 5.69 Å². The van der Waals surface area contributed by atoms with E-state index in [2.05, 4.69) is 5.10 Å². The van der Waals surface area contributed by atoms with Gasteiger partial charge in [0.25, 0.3) is 0 Å². The van der Waals surface area contributed by atoms with Gasteiger partial charge in [-0.25, -0.2) is 17.2 Å². The minimum atomic E-state index is -3.85. The second-order valence-corrected chi connectivity index (χ2v) is 7.66. The molecule has 1 saturated heterocycles. The molecule has 0 bridgehead atoms. The van der Waals surface area contributed by atoms with Gasteiger partial charge in [-0.2, -0.15) is 9.40 Å². The number of halogens is 2. The lowest BCUT2D eigenvalue weighted by atomic mass is 9.94. The molecule has 1 atom stereocenters. The molecule has 1 aromatic carbocycles. The number of hydrogen-bond acceptors (Lipinski definition) is 3. The highest BCUT2D eigenvalue weighted by Gasteiger charge is 2.46. The van der Waals surface area contributed by atoms with Crippen molar-refractivity contribution >= 4 is 10.0 Å². The molecule has 1 fully saturated rings. The Morgan fingerprint density at radius 2 is 2.00 bits per heavy atom. The van der Waals surface area contributed by atoms with E-state index in [9.17, 15) is 12.8 Å². The van der Waals surface area contributed by atoms with Gasteiger partial charge in [0.1, 0.15) is 10.7 Å². The van der Waals surface area contributed by atoms with E-state index in [1.54, 1.807) is 20.0 Å². The normalized spacial score (nSPS) is 22.6. The predicted octanol–water partition coefficient (Wildman–Crippen LogP) is 2.13. The molecule has 0 amide bonds. The Balaban J connectivity index is 1.93. The Kier molecular flexibility index (Phi) is 3.76. The molecule has 0 aliphatic carbocycles. The lowest BCUT2D eigenvalue weighted by Gasteiger charge is -2.21. The van der Waals surface area contributed by atoms with Gasteiger partial charge in [0.15, 0.2) is 5.67 Å². The maximum Gasteiger partial charge on any atom is 0.246 e. The van der Waals surface area contributed by atoms with Crippen LogP contribution in [0.5, 0.6) is 0 Å². The summed E-state index contributed by atoms with van der Waals surface area (Å²) < 4.78 is 56.9. The van der Waals surface area contributed by atoms with Crippen LogP contribution in [0.3, 0.4) is 0 Å². The van der Waals surface area contributed by atoms with Gasteiger partial charge in [0.05, 0.1) is 18.4 Å². The molecule has 2 heterocycles. The fourth-order valence-corrected chi connectivity index (χ4v) is 4.53. The highest BCUT2D eigenvalue weighted by molar-refractivity contribution is 7.89. The van der Waals surface area contributed by atoms with Gasteiger partial charge in [-0.05, 0) is 13.0 Å². The van der Waals surface area contributed by atoms with Gasteiger partial charge in [-0.3, -0.25) is 4.68 Å². The van der Waals surface area contributed by atoms with Gasteiger partial charge in [-0.1, -0.05) is 18.2 Å². The van der Waals surface area contributed by atoms with Crippen molar-refractivity contribution < 1.29 is 17.2 Å². The number of benzene rings is 1. The molecule has 124 valence electrons. The number of hydrogen-bond donors (Lipinski definition) is 0. The first-order valence-electron chi connectivity index (χ1n) is 7.18. The first-order chi connectivity index (χ1) is 10.8. The van der Waals surface area contributed by atoms with Crippen molar-refractivity contribution in [3.05, 3.63) is 47.5 Å². The summed E-state index contributed by atoms with van der Waals surface area (Å²) in [5, 5.41) is 3.92. The van der Waals surface area contributed by atoms with E-state index >= 15 is 4.39 Å². The molecule has 23 heavy (non-hydrogen) atoms.